The van der Waals surface area contributed by atoms with Crippen LogP contribution in [0.15, 0.2) is 84.9 Å². The lowest BCUT2D eigenvalue weighted by molar-refractivity contribution is 0.353. The smallest absolute Gasteiger partial charge is 0.415 e. The van der Waals surface area contributed by atoms with Crippen molar-refractivity contribution in [2.24, 2.45) is 0 Å². The molecule has 6 nitrogen and oxygen atoms in total. The molecule has 0 radical (unpaired) electrons. The molecule has 0 aliphatic heterocycles. The number of para-hydroxylation sites is 2. The van der Waals surface area contributed by atoms with Crippen molar-refractivity contribution in [3.8, 4) is 11.5 Å². The summed E-state index contributed by atoms with van der Waals surface area (Å²) >= 11 is 0. The van der Waals surface area contributed by atoms with Crippen LogP contribution < -0.4 is 14.4 Å². The molecule has 1 saturated carbocycles. The van der Waals surface area contributed by atoms with Crippen molar-refractivity contribution in [1.82, 2.24) is 5.32 Å². The average molecular weight is 556 g/mol. The van der Waals surface area contributed by atoms with E-state index in [1.807, 2.05) is 67.6 Å². The first-order chi connectivity index (χ1) is 18.4. The average Bonchev–Trinajstić information content (AvgIpc) is 2.93. The van der Waals surface area contributed by atoms with E-state index in [-0.39, 0.29) is 11.0 Å². The highest BCUT2D eigenvalue weighted by Crippen LogP contribution is 2.53. The van der Waals surface area contributed by atoms with Gasteiger partial charge in [0.05, 0.1) is 11.0 Å². The second-order valence-electron chi connectivity index (χ2n) is 9.87. The third kappa shape index (κ3) is 7.72. The van der Waals surface area contributed by atoms with Crippen LogP contribution in [0.1, 0.15) is 63.0 Å². The lowest BCUT2D eigenvalue weighted by atomic mass is 10.0. The molecule has 3 aromatic rings. The second kappa shape index (κ2) is 13.5. The minimum Gasteiger partial charge on any atom is -0.415 e. The van der Waals surface area contributed by atoms with Gasteiger partial charge in [-0.3, -0.25) is 5.32 Å². The summed E-state index contributed by atoms with van der Waals surface area (Å²) < 4.78 is 52.9. The molecule has 0 amide bonds. The Hall–Kier alpha value is -2.60. The highest BCUT2D eigenvalue weighted by atomic mass is 32.2. The fraction of sp³-hybridized carbons (Fsp3) is 0.400. The van der Waals surface area contributed by atoms with E-state index in [4.69, 9.17) is 9.05 Å². The van der Waals surface area contributed by atoms with Gasteiger partial charge >= 0.3 is 7.60 Å². The Balaban J connectivity index is 1.56. The normalized spacial score (nSPS) is 15.6. The predicted octanol–water partition coefficient (Wildman–Crippen LogP) is 7.50. The fourth-order valence-electron chi connectivity index (χ4n) is 4.91. The van der Waals surface area contributed by atoms with E-state index in [9.17, 15) is 13.0 Å². The van der Waals surface area contributed by atoms with Crippen LogP contribution in [0.5, 0.6) is 11.5 Å². The van der Waals surface area contributed by atoms with Gasteiger partial charge in [0, 0.05) is 6.54 Å². The van der Waals surface area contributed by atoms with Crippen LogP contribution in [0.3, 0.4) is 0 Å². The Morgan fingerprint density at radius 2 is 1.34 bits per heavy atom. The van der Waals surface area contributed by atoms with Crippen LogP contribution in [-0.2, 0) is 26.7 Å². The third-order valence-corrected chi connectivity index (χ3v) is 11.3. The van der Waals surface area contributed by atoms with Gasteiger partial charge in [0.25, 0.3) is 0 Å². The van der Waals surface area contributed by atoms with E-state index in [0.717, 1.165) is 49.7 Å². The van der Waals surface area contributed by atoms with Crippen molar-refractivity contribution in [2.75, 3.05) is 0 Å². The van der Waals surface area contributed by atoms with Gasteiger partial charge in [-0.15, -0.1) is 0 Å². The van der Waals surface area contributed by atoms with Crippen molar-refractivity contribution in [1.29, 1.82) is 0 Å². The van der Waals surface area contributed by atoms with Gasteiger partial charge in [-0.25, -0.2) is 13.0 Å². The molecule has 1 atom stereocenters. The molecule has 1 aliphatic carbocycles. The SMILES string of the molecule is CCCC(NCc1ccccc1CS(=O)(=O)C1CCCCC1)P(=O)(Oc1ccccc1)Oc1ccccc1. The van der Waals surface area contributed by atoms with Gasteiger partial charge in [-0.05, 0) is 54.7 Å². The second-order valence-corrected chi connectivity index (χ2v) is 14.2. The van der Waals surface area contributed by atoms with Gasteiger partial charge in [-0.2, -0.15) is 0 Å². The number of hydrogen-bond donors (Lipinski definition) is 1. The summed E-state index contributed by atoms with van der Waals surface area (Å²) in [5.41, 5.74) is 1.66. The maximum atomic E-state index is 14.4. The molecule has 1 aliphatic rings. The number of nitrogens with one attached hydrogen (secondary N) is 1. The molecule has 0 spiro atoms. The number of sulfone groups is 1. The first kappa shape index (κ1) is 28.4. The Morgan fingerprint density at radius 1 is 0.816 bits per heavy atom. The zero-order valence-corrected chi connectivity index (χ0v) is 23.7. The highest BCUT2D eigenvalue weighted by molar-refractivity contribution is 7.91. The predicted molar refractivity (Wildman–Crippen MR) is 153 cm³/mol. The molecule has 38 heavy (non-hydrogen) atoms. The summed E-state index contributed by atoms with van der Waals surface area (Å²) in [6.07, 6.45) is 5.88. The molecule has 0 heterocycles. The largest absolute Gasteiger partial charge is 0.447 e. The summed E-state index contributed by atoms with van der Waals surface area (Å²) in [5, 5.41) is 3.16. The maximum absolute atomic E-state index is 14.4. The molecular weight excluding hydrogens is 517 g/mol. The summed E-state index contributed by atoms with van der Waals surface area (Å²) in [7, 11) is -6.98. The Labute approximate surface area is 227 Å². The standard InChI is InChI=1S/C30H38NO5PS/c1-2-14-30(37(32,35-27-17-6-3-7-18-27)36-28-19-8-4-9-20-28)31-23-25-15-12-13-16-26(25)24-38(33,34)29-21-10-5-11-22-29/h3-4,6-9,12-13,15-20,29-31H,2,5,10-11,14,21-24H2,1H3. The minimum atomic E-state index is -3.73. The van der Waals surface area contributed by atoms with E-state index < -0.39 is 23.2 Å². The highest BCUT2D eigenvalue weighted by Gasteiger charge is 2.39. The van der Waals surface area contributed by atoms with Crippen molar-refractivity contribution in [3.63, 3.8) is 0 Å². The molecule has 0 aromatic heterocycles. The van der Waals surface area contributed by atoms with Crippen LogP contribution in [0.2, 0.25) is 0 Å². The maximum Gasteiger partial charge on any atom is 0.447 e. The monoisotopic (exact) mass is 555 g/mol. The molecule has 0 saturated heterocycles. The quantitative estimate of drug-likeness (QED) is 0.220. The van der Waals surface area contributed by atoms with Crippen molar-refractivity contribution in [2.45, 2.75) is 75.2 Å². The summed E-state index contributed by atoms with van der Waals surface area (Å²) in [4.78, 5) is 0. The van der Waals surface area contributed by atoms with Crippen molar-refractivity contribution in [3.05, 3.63) is 96.1 Å². The van der Waals surface area contributed by atoms with E-state index in [0.29, 0.717) is 24.5 Å². The summed E-state index contributed by atoms with van der Waals surface area (Å²) in [5.74, 6) is 0.352. The van der Waals surface area contributed by atoms with Crippen LogP contribution in [0.25, 0.3) is 0 Å². The third-order valence-electron chi connectivity index (χ3n) is 6.96. The number of benzene rings is 3. The Morgan fingerprint density at radius 3 is 1.89 bits per heavy atom. The minimum absolute atomic E-state index is 0.0205. The first-order valence-corrected chi connectivity index (χ1v) is 16.8. The van der Waals surface area contributed by atoms with Gasteiger partial charge in [0.15, 0.2) is 9.84 Å². The molecule has 4 rings (SSSR count). The van der Waals surface area contributed by atoms with Crippen molar-refractivity contribution >= 4 is 17.4 Å². The molecule has 1 unspecified atom stereocenters. The first-order valence-electron chi connectivity index (χ1n) is 13.5. The van der Waals surface area contributed by atoms with Crippen LogP contribution >= 0.6 is 7.60 Å². The van der Waals surface area contributed by atoms with Gasteiger partial charge in [0.2, 0.25) is 0 Å². The van der Waals surface area contributed by atoms with E-state index in [2.05, 4.69) is 5.32 Å². The fourth-order valence-corrected chi connectivity index (χ4v) is 8.92. The zero-order chi connectivity index (χ0) is 26.8. The molecule has 1 N–H and O–H groups in total. The molecule has 8 heteroatoms. The van der Waals surface area contributed by atoms with E-state index >= 15 is 0 Å². The van der Waals surface area contributed by atoms with E-state index in [1.54, 1.807) is 24.3 Å². The van der Waals surface area contributed by atoms with Gasteiger partial charge in [-0.1, -0.05) is 93.3 Å². The summed E-state index contributed by atoms with van der Waals surface area (Å²) in [6, 6.07) is 25.7. The topological polar surface area (TPSA) is 81.7 Å². The van der Waals surface area contributed by atoms with E-state index in [1.165, 1.54) is 0 Å². The van der Waals surface area contributed by atoms with Crippen LogP contribution in [0, 0.1) is 0 Å². The van der Waals surface area contributed by atoms with Crippen molar-refractivity contribution < 1.29 is 22.0 Å². The lowest BCUT2D eigenvalue weighted by Crippen LogP contribution is -2.32. The number of hydrogen-bond acceptors (Lipinski definition) is 6. The van der Waals surface area contributed by atoms with Crippen LogP contribution in [0.4, 0.5) is 0 Å². The molecular formula is C30H38NO5PS. The van der Waals surface area contributed by atoms with Gasteiger partial charge in [0.1, 0.15) is 17.3 Å². The Bertz CT molecular complexity index is 1250. The molecule has 1 fully saturated rings. The molecule has 3 aromatic carbocycles. The molecule has 204 valence electrons. The Kier molecular flexibility index (Phi) is 10.1. The van der Waals surface area contributed by atoms with Crippen LogP contribution in [-0.4, -0.2) is 19.5 Å². The summed E-state index contributed by atoms with van der Waals surface area (Å²) in [6.45, 7) is 2.37. The lowest BCUT2D eigenvalue weighted by Gasteiger charge is -2.28. The molecule has 0 bridgehead atoms. The number of rotatable bonds is 13. The van der Waals surface area contributed by atoms with Gasteiger partial charge < -0.3 is 9.05 Å². The zero-order valence-electron chi connectivity index (χ0n) is 22.0.